The van der Waals surface area contributed by atoms with Gasteiger partial charge in [-0.3, -0.25) is 4.79 Å². The lowest BCUT2D eigenvalue weighted by Crippen LogP contribution is -2.35. The van der Waals surface area contributed by atoms with E-state index in [4.69, 9.17) is 9.51 Å². The van der Waals surface area contributed by atoms with E-state index in [1.165, 1.54) is 6.07 Å². The molecule has 3 heterocycles. The van der Waals surface area contributed by atoms with E-state index in [1.54, 1.807) is 18.2 Å². The Morgan fingerprint density at radius 3 is 2.57 bits per heavy atom. The van der Waals surface area contributed by atoms with Crippen molar-refractivity contribution in [3.8, 4) is 11.3 Å². The third-order valence-electron chi connectivity index (χ3n) is 6.40. The molecular weight excluding hydrogens is 483 g/mol. The number of halogens is 3. The molecule has 0 unspecified atom stereocenters. The highest BCUT2D eigenvalue weighted by molar-refractivity contribution is 5.98. The van der Waals surface area contributed by atoms with Gasteiger partial charge in [0.1, 0.15) is 22.7 Å². The average Bonchev–Trinajstić information content (AvgIpc) is 3.17. The van der Waals surface area contributed by atoms with Crippen molar-refractivity contribution in [2.75, 3.05) is 31.1 Å². The van der Waals surface area contributed by atoms with E-state index in [0.717, 1.165) is 18.6 Å². The number of fused-ring (bicyclic) bond motifs is 1. The van der Waals surface area contributed by atoms with Crippen LogP contribution >= 0.6 is 0 Å². The maximum atomic E-state index is 13.4. The van der Waals surface area contributed by atoms with E-state index < -0.39 is 11.7 Å². The summed E-state index contributed by atoms with van der Waals surface area (Å²) >= 11 is 0. The number of nitrogens with zero attached hydrogens (tertiary/aromatic N) is 5. The smallest absolute Gasteiger partial charge is 0.354 e. The first-order chi connectivity index (χ1) is 17.8. The van der Waals surface area contributed by atoms with Crippen LogP contribution in [-0.4, -0.2) is 52.1 Å². The van der Waals surface area contributed by atoms with Gasteiger partial charge >= 0.3 is 6.18 Å². The van der Waals surface area contributed by atoms with Crippen LogP contribution in [-0.2, 0) is 12.6 Å². The second-order valence-electron chi connectivity index (χ2n) is 9.00. The Morgan fingerprint density at radius 1 is 1.00 bits per heavy atom. The number of aryl methyl sites for hydroxylation is 1. The maximum Gasteiger partial charge on any atom is 0.416 e. The second kappa shape index (κ2) is 10.2. The number of aromatic nitrogens is 3. The summed E-state index contributed by atoms with van der Waals surface area (Å²) < 4.78 is 45.7. The van der Waals surface area contributed by atoms with E-state index in [1.807, 2.05) is 30.0 Å². The highest BCUT2D eigenvalue weighted by Gasteiger charge is 2.32. The number of benzene rings is 2. The van der Waals surface area contributed by atoms with E-state index >= 15 is 0 Å². The third-order valence-corrected chi connectivity index (χ3v) is 6.40. The van der Waals surface area contributed by atoms with Crippen LogP contribution in [0.2, 0.25) is 0 Å². The molecule has 0 saturated carbocycles. The molecule has 10 heteroatoms. The van der Waals surface area contributed by atoms with Crippen LogP contribution in [0.3, 0.4) is 0 Å². The van der Waals surface area contributed by atoms with E-state index in [-0.39, 0.29) is 22.9 Å². The van der Waals surface area contributed by atoms with Crippen molar-refractivity contribution >= 4 is 22.8 Å². The molecule has 192 valence electrons. The lowest BCUT2D eigenvalue weighted by molar-refractivity contribution is -0.137. The summed E-state index contributed by atoms with van der Waals surface area (Å²) in [5.74, 6) is 1.12. The number of rotatable bonds is 5. The molecule has 1 saturated heterocycles. The molecule has 1 aliphatic rings. The fourth-order valence-corrected chi connectivity index (χ4v) is 4.58. The summed E-state index contributed by atoms with van der Waals surface area (Å²) in [4.78, 5) is 26.2. The van der Waals surface area contributed by atoms with Crippen LogP contribution in [0.4, 0.5) is 19.0 Å². The minimum absolute atomic E-state index is 0.0309. The Labute approximate surface area is 211 Å². The SMILES string of the molecule is CCCc1nc(N2CCCN(C(=O)c3ccccc3)CC2)c2c(-c3cccc(C(F)(F)F)c3)noc2n1. The van der Waals surface area contributed by atoms with Gasteiger partial charge in [-0.2, -0.15) is 18.2 Å². The summed E-state index contributed by atoms with van der Waals surface area (Å²) in [6.07, 6.45) is -2.34. The largest absolute Gasteiger partial charge is 0.416 e. The monoisotopic (exact) mass is 509 g/mol. The standard InChI is InChI=1S/C27H26F3N5O2/c1-2-8-21-31-24(34-13-7-14-35(16-15-34)26(36)18-9-4-3-5-10-18)22-23(33-37-25(22)32-21)19-11-6-12-20(17-19)27(28,29)30/h3-6,9-12,17H,2,7-8,13-16H2,1H3. The van der Waals surface area contributed by atoms with Crippen molar-refractivity contribution in [3.05, 3.63) is 71.5 Å². The molecule has 1 aliphatic heterocycles. The first kappa shape index (κ1) is 24.7. The van der Waals surface area contributed by atoms with Crippen molar-refractivity contribution in [2.45, 2.75) is 32.4 Å². The molecule has 0 radical (unpaired) electrons. The molecule has 0 atom stereocenters. The zero-order valence-electron chi connectivity index (χ0n) is 20.3. The van der Waals surface area contributed by atoms with Crippen LogP contribution in [0.25, 0.3) is 22.4 Å². The van der Waals surface area contributed by atoms with Gasteiger partial charge in [-0.1, -0.05) is 42.4 Å². The van der Waals surface area contributed by atoms with Crippen molar-refractivity contribution in [3.63, 3.8) is 0 Å². The molecular formula is C27H26F3N5O2. The maximum absolute atomic E-state index is 13.4. The summed E-state index contributed by atoms with van der Waals surface area (Å²) in [5.41, 5.74) is 0.646. The zero-order chi connectivity index (χ0) is 26.0. The summed E-state index contributed by atoms with van der Waals surface area (Å²) in [7, 11) is 0. The molecule has 0 aliphatic carbocycles. The molecule has 0 N–H and O–H groups in total. The lowest BCUT2D eigenvalue weighted by Gasteiger charge is -2.24. The van der Waals surface area contributed by atoms with Crippen molar-refractivity contribution < 1.29 is 22.5 Å². The predicted octanol–water partition coefficient (Wildman–Crippen LogP) is 5.61. The first-order valence-corrected chi connectivity index (χ1v) is 12.3. The number of carbonyl (C=O) groups is 1. The van der Waals surface area contributed by atoms with E-state index in [2.05, 4.69) is 15.0 Å². The quantitative estimate of drug-likeness (QED) is 0.348. The van der Waals surface area contributed by atoms with Gasteiger partial charge in [0.2, 0.25) is 0 Å². The summed E-state index contributed by atoms with van der Waals surface area (Å²) in [5, 5.41) is 4.59. The van der Waals surface area contributed by atoms with E-state index in [9.17, 15) is 18.0 Å². The summed E-state index contributed by atoms with van der Waals surface area (Å²) in [6, 6.07) is 14.2. The van der Waals surface area contributed by atoms with Crippen molar-refractivity contribution in [2.24, 2.45) is 0 Å². The number of alkyl halides is 3. The topological polar surface area (TPSA) is 75.4 Å². The van der Waals surface area contributed by atoms with E-state index in [0.29, 0.717) is 61.6 Å². The van der Waals surface area contributed by atoms with Crippen LogP contribution < -0.4 is 4.90 Å². The van der Waals surface area contributed by atoms with Gasteiger partial charge < -0.3 is 14.3 Å². The molecule has 1 amide bonds. The Bertz CT molecular complexity index is 1400. The minimum Gasteiger partial charge on any atom is -0.354 e. The Hall–Kier alpha value is -3.95. The van der Waals surface area contributed by atoms with Crippen LogP contribution in [0, 0.1) is 0 Å². The highest BCUT2D eigenvalue weighted by atomic mass is 19.4. The van der Waals surface area contributed by atoms with Gasteiger partial charge in [0.15, 0.2) is 0 Å². The molecule has 0 bridgehead atoms. The van der Waals surface area contributed by atoms with Gasteiger partial charge in [0.25, 0.3) is 11.6 Å². The number of anilines is 1. The number of hydrogen-bond acceptors (Lipinski definition) is 6. The molecule has 1 fully saturated rings. The first-order valence-electron chi connectivity index (χ1n) is 12.3. The predicted molar refractivity (Wildman–Crippen MR) is 133 cm³/mol. The number of amides is 1. The number of carbonyl (C=O) groups excluding carboxylic acids is 1. The van der Waals surface area contributed by atoms with Gasteiger partial charge in [0.05, 0.1) is 5.56 Å². The van der Waals surface area contributed by atoms with Gasteiger partial charge in [0, 0.05) is 43.7 Å². The zero-order valence-corrected chi connectivity index (χ0v) is 20.3. The molecule has 2 aromatic carbocycles. The third kappa shape index (κ3) is 5.14. The van der Waals surface area contributed by atoms with Gasteiger partial charge in [-0.25, -0.2) is 4.98 Å². The highest BCUT2D eigenvalue weighted by Crippen LogP contribution is 2.37. The second-order valence-corrected chi connectivity index (χ2v) is 9.00. The Morgan fingerprint density at radius 2 is 1.81 bits per heavy atom. The van der Waals surface area contributed by atoms with Crippen LogP contribution in [0.1, 0.15) is 41.5 Å². The Balaban J connectivity index is 1.52. The molecule has 2 aromatic heterocycles. The summed E-state index contributed by atoms with van der Waals surface area (Å²) in [6.45, 7) is 4.20. The van der Waals surface area contributed by atoms with Crippen LogP contribution in [0.15, 0.2) is 59.1 Å². The number of hydrogen-bond donors (Lipinski definition) is 0. The fourth-order valence-electron chi connectivity index (χ4n) is 4.58. The van der Waals surface area contributed by atoms with Crippen molar-refractivity contribution in [1.82, 2.24) is 20.0 Å². The normalized spacial score (nSPS) is 14.7. The van der Waals surface area contributed by atoms with Crippen molar-refractivity contribution in [1.29, 1.82) is 0 Å². The molecule has 5 rings (SSSR count). The molecule has 0 spiro atoms. The van der Waals surface area contributed by atoms with Gasteiger partial charge in [-0.05, 0) is 37.1 Å². The molecule has 7 nitrogen and oxygen atoms in total. The Kier molecular flexibility index (Phi) is 6.82. The fraction of sp³-hybridized carbons (Fsp3) is 0.333. The molecule has 37 heavy (non-hydrogen) atoms. The van der Waals surface area contributed by atoms with Gasteiger partial charge in [-0.15, -0.1) is 0 Å². The lowest BCUT2D eigenvalue weighted by atomic mass is 10.1. The average molecular weight is 510 g/mol. The minimum atomic E-state index is -4.48. The molecule has 4 aromatic rings. The van der Waals surface area contributed by atoms with Crippen LogP contribution in [0.5, 0.6) is 0 Å².